The molecule has 0 atom stereocenters. The Morgan fingerprint density at radius 1 is 0.917 bits per heavy atom. The molecule has 5 nitrogen and oxygen atoms in total. The van der Waals surface area contributed by atoms with Gasteiger partial charge in [-0.2, -0.15) is 0 Å². The topological polar surface area (TPSA) is 57.5 Å². The highest BCUT2D eigenvalue weighted by Crippen LogP contribution is 2.30. The lowest BCUT2D eigenvalue weighted by Crippen LogP contribution is -2.11. The molecule has 1 heterocycles. The lowest BCUT2D eigenvalue weighted by molar-refractivity contribution is -0.144. The summed E-state index contributed by atoms with van der Waals surface area (Å²) in [5.41, 5.74) is 1.92. The predicted octanol–water partition coefficient (Wildman–Crippen LogP) is 3.49. The molecule has 0 N–H and O–H groups in total. The molecule has 3 rings (SSSR count). The number of aromatic nitrogens is 1. The van der Waals surface area contributed by atoms with E-state index in [0.717, 1.165) is 16.6 Å². The number of fused-ring (bicyclic) bond motifs is 1. The minimum absolute atomic E-state index is 0.00661. The molecule has 0 aliphatic heterocycles. The molecule has 0 saturated carbocycles. The average Bonchev–Trinajstić information content (AvgIpc) is 2.99. The van der Waals surface area contributed by atoms with Gasteiger partial charge < -0.3 is 14.0 Å². The monoisotopic (exact) mass is 323 g/mol. The molecule has 5 heteroatoms. The fraction of sp³-hybridized carbons (Fsp3) is 0.158. The van der Waals surface area contributed by atoms with Crippen molar-refractivity contribution in [3.8, 4) is 11.4 Å². The predicted molar refractivity (Wildman–Crippen MR) is 90.2 cm³/mol. The maximum Gasteiger partial charge on any atom is 0.311 e. The standard InChI is InChI=1S/C19H17NO4/c1-23-18(21)11-12-19(22)24-17-13-20(14-7-3-2-4-8-14)16-10-6-5-9-15(16)17/h2-10,13H,11-12H2,1H3. The molecule has 3 aromatic rings. The first-order valence-electron chi connectivity index (χ1n) is 7.62. The van der Waals surface area contributed by atoms with Crippen LogP contribution in [-0.2, 0) is 14.3 Å². The van der Waals surface area contributed by atoms with Gasteiger partial charge >= 0.3 is 11.9 Å². The van der Waals surface area contributed by atoms with Crippen LogP contribution in [0.15, 0.2) is 60.8 Å². The van der Waals surface area contributed by atoms with E-state index in [2.05, 4.69) is 4.74 Å². The van der Waals surface area contributed by atoms with Gasteiger partial charge in [-0.15, -0.1) is 0 Å². The molecule has 122 valence electrons. The fourth-order valence-electron chi connectivity index (χ4n) is 2.51. The number of para-hydroxylation sites is 2. The summed E-state index contributed by atoms with van der Waals surface area (Å²) in [6.07, 6.45) is 1.78. The summed E-state index contributed by atoms with van der Waals surface area (Å²) in [7, 11) is 1.29. The van der Waals surface area contributed by atoms with Crippen LogP contribution in [0.25, 0.3) is 16.6 Å². The Hall–Kier alpha value is -3.08. The molecular formula is C19H17NO4. The summed E-state index contributed by atoms with van der Waals surface area (Å²) in [4.78, 5) is 23.1. The number of rotatable bonds is 5. The number of ether oxygens (including phenoxy) is 2. The number of carbonyl (C=O) groups excluding carboxylic acids is 2. The van der Waals surface area contributed by atoms with Gasteiger partial charge in [0.1, 0.15) is 0 Å². The summed E-state index contributed by atoms with van der Waals surface area (Å²) < 4.78 is 12.0. The van der Waals surface area contributed by atoms with Gasteiger partial charge in [0.05, 0.1) is 31.7 Å². The zero-order valence-corrected chi connectivity index (χ0v) is 13.3. The zero-order chi connectivity index (χ0) is 16.9. The van der Waals surface area contributed by atoms with Crippen LogP contribution in [0.4, 0.5) is 0 Å². The van der Waals surface area contributed by atoms with Crippen molar-refractivity contribution < 1.29 is 19.1 Å². The third kappa shape index (κ3) is 3.30. The first-order chi connectivity index (χ1) is 11.7. The van der Waals surface area contributed by atoms with Crippen LogP contribution in [0.5, 0.6) is 5.75 Å². The van der Waals surface area contributed by atoms with Crippen molar-refractivity contribution in [1.82, 2.24) is 4.57 Å². The first-order valence-corrected chi connectivity index (χ1v) is 7.62. The van der Waals surface area contributed by atoms with E-state index in [0.29, 0.717) is 5.75 Å². The van der Waals surface area contributed by atoms with Crippen molar-refractivity contribution >= 4 is 22.8 Å². The van der Waals surface area contributed by atoms with Crippen molar-refractivity contribution in [2.24, 2.45) is 0 Å². The van der Waals surface area contributed by atoms with E-state index in [9.17, 15) is 9.59 Å². The third-order valence-corrected chi connectivity index (χ3v) is 3.69. The van der Waals surface area contributed by atoms with E-state index in [1.54, 1.807) is 6.20 Å². The van der Waals surface area contributed by atoms with Gasteiger partial charge in [-0.05, 0) is 24.3 Å². The van der Waals surface area contributed by atoms with E-state index < -0.39 is 11.9 Å². The number of carbonyl (C=O) groups is 2. The summed E-state index contributed by atoms with van der Waals surface area (Å²) in [6.45, 7) is 0. The molecular weight excluding hydrogens is 306 g/mol. The van der Waals surface area contributed by atoms with Crippen LogP contribution < -0.4 is 4.74 Å². The number of nitrogens with zero attached hydrogens (tertiary/aromatic N) is 1. The minimum Gasteiger partial charge on any atom is -0.469 e. The van der Waals surface area contributed by atoms with Crippen LogP contribution in [0.1, 0.15) is 12.8 Å². The lowest BCUT2D eigenvalue weighted by Gasteiger charge is -2.03. The summed E-state index contributed by atoms with van der Waals surface area (Å²) in [6, 6.07) is 17.5. The van der Waals surface area contributed by atoms with E-state index in [1.807, 2.05) is 59.2 Å². The SMILES string of the molecule is COC(=O)CCC(=O)Oc1cn(-c2ccccc2)c2ccccc12. The molecule has 0 fully saturated rings. The Morgan fingerprint density at radius 2 is 1.58 bits per heavy atom. The molecule has 0 bridgehead atoms. The van der Waals surface area contributed by atoms with Gasteiger partial charge in [-0.3, -0.25) is 9.59 Å². The largest absolute Gasteiger partial charge is 0.469 e. The maximum atomic E-state index is 12.0. The Labute approximate surface area is 139 Å². The Bertz CT molecular complexity index is 867. The highest BCUT2D eigenvalue weighted by molar-refractivity contribution is 5.91. The normalized spacial score (nSPS) is 10.5. The summed E-state index contributed by atoms with van der Waals surface area (Å²) in [5, 5.41) is 0.841. The zero-order valence-electron chi connectivity index (χ0n) is 13.3. The second-order valence-corrected chi connectivity index (χ2v) is 5.27. The molecule has 0 amide bonds. The highest BCUT2D eigenvalue weighted by Gasteiger charge is 2.15. The van der Waals surface area contributed by atoms with Crippen LogP contribution in [0.2, 0.25) is 0 Å². The first kappa shape index (κ1) is 15.8. The summed E-state index contributed by atoms with van der Waals surface area (Å²) >= 11 is 0. The van der Waals surface area contributed by atoms with Gasteiger partial charge in [0, 0.05) is 11.1 Å². The van der Waals surface area contributed by atoms with Crippen LogP contribution in [0.3, 0.4) is 0 Å². The van der Waals surface area contributed by atoms with Crippen LogP contribution >= 0.6 is 0 Å². The van der Waals surface area contributed by atoms with Gasteiger partial charge in [0.15, 0.2) is 5.75 Å². The molecule has 0 radical (unpaired) electrons. The van der Waals surface area contributed by atoms with Gasteiger partial charge in [-0.1, -0.05) is 30.3 Å². The van der Waals surface area contributed by atoms with Gasteiger partial charge in [0.2, 0.25) is 0 Å². The van der Waals surface area contributed by atoms with Gasteiger partial charge in [0.25, 0.3) is 0 Å². The molecule has 0 unspecified atom stereocenters. The van der Waals surface area contributed by atoms with Crippen LogP contribution in [0, 0.1) is 0 Å². The lowest BCUT2D eigenvalue weighted by atomic mass is 10.2. The third-order valence-electron chi connectivity index (χ3n) is 3.69. The van der Waals surface area contributed by atoms with Gasteiger partial charge in [-0.25, -0.2) is 0 Å². The smallest absolute Gasteiger partial charge is 0.311 e. The number of esters is 2. The molecule has 0 aliphatic rings. The molecule has 2 aromatic carbocycles. The quantitative estimate of drug-likeness (QED) is 0.674. The number of benzene rings is 2. The second kappa shape index (κ2) is 7.00. The van der Waals surface area contributed by atoms with E-state index >= 15 is 0 Å². The molecule has 0 spiro atoms. The molecule has 24 heavy (non-hydrogen) atoms. The number of hydrogen-bond donors (Lipinski definition) is 0. The number of methoxy groups -OCH3 is 1. The molecule has 0 aliphatic carbocycles. The Kier molecular flexibility index (Phi) is 4.61. The van der Waals surface area contributed by atoms with Crippen molar-refractivity contribution in [3.05, 3.63) is 60.8 Å². The average molecular weight is 323 g/mol. The Balaban J connectivity index is 1.89. The van der Waals surface area contributed by atoms with Crippen molar-refractivity contribution in [3.63, 3.8) is 0 Å². The minimum atomic E-state index is -0.462. The van der Waals surface area contributed by atoms with E-state index in [4.69, 9.17) is 4.74 Å². The van der Waals surface area contributed by atoms with Crippen molar-refractivity contribution in [2.75, 3.05) is 7.11 Å². The van der Waals surface area contributed by atoms with Crippen LogP contribution in [-0.4, -0.2) is 23.6 Å². The highest BCUT2D eigenvalue weighted by atomic mass is 16.5. The van der Waals surface area contributed by atoms with Crippen molar-refractivity contribution in [1.29, 1.82) is 0 Å². The van der Waals surface area contributed by atoms with Crippen molar-refractivity contribution in [2.45, 2.75) is 12.8 Å². The molecule has 0 saturated heterocycles. The number of hydrogen-bond acceptors (Lipinski definition) is 4. The second-order valence-electron chi connectivity index (χ2n) is 5.27. The van der Waals surface area contributed by atoms with E-state index in [-0.39, 0.29) is 12.8 Å². The fourth-order valence-corrected chi connectivity index (χ4v) is 2.51. The summed E-state index contributed by atoms with van der Waals surface area (Å²) in [5.74, 6) is -0.417. The Morgan fingerprint density at radius 3 is 2.33 bits per heavy atom. The maximum absolute atomic E-state index is 12.0. The van der Waals surface area contributed by atoms with E-state index in [1.165, 1.54) is 7.11 Å². The molecule has 1 aromatic heterocycles.